The lowest BCUT2D eigenvalue weighted by Gasteiger charge is -2.09. The monoisotopic (exact) mass is 417 g/mol. The largest absolute Gasteiger partial charge is 0.468 e. The molecule has 4 aromatic rings. The van der Waals surface area contributed by atoms with E-state index in [-0.39, 0.29) is 0 Å². The number of esters is 1. The highest BCUT2D eigenvalue weighted by Crippen LogP contribution is 2.31. The Labute approximate surface area is 178 Å². The van der Waals surface area contributed by atoms with Crippen molar-refractivity contribution in [2.75, 3.05) is 6.61 Å². The molecule has 0 unspecified atom stereocenters. The van der Waals surface area contributed by atoms with Gasteiger partial charge in [0.2, 0.25) is 5.16 Å². The number of nitrogens with zero attached hydrogens (tertiary/aromatic N) is 3. The van der Waals surface area contributed by atoms with Crippen LogP contribution in [-0.4, -0.2) is 27.8 Å². The highest BCUT2D eigenvalue weighted by molar-refractivity contribution is 7.98. The smallest absolute Gasteiger partial charge is 0.341 e. The van der Waals surface area contributed by atoms with Gasteiger partial charge in [0, 0.05) is 11.1 Å². The van der Waals surface area contributed by atoms with E-state index in [0.29, 0.717) is 28.8 Å². The quantitative estimate of drug-likeness (QED) is 0.299. The summed E-state index contributed by atoms with van der Waals surface area (Å²) in [7, 11) is 0. The molecule has 7 heteroatoms. The summed E-state index contributed by atoms with van der Waals surface area (Å²) < 4.78 is 10.5. The number of rotatable bonds is 7. The predicted octanol–water partition coefficient (Wildman–Crippen LogP) is 5.27. The first-order chi connectivity index (χ1) is 14.8. The molecule has 0 aliphatic rings. The average Bonchev–Trinajstić information content (AvgIpc) is 3.28. The van der Waals surface area contributed by atoms with Gasteiger partial charge in [-0.25, -0.2) is 9.78 Å². The van der Waals surface area contributed by atoms with Crippen molar-refractivity contribution in [2.45, 2.75) is 17.8 Å². The van der Waals surface area contributed by atoms with Gasteiger partial charge in [0.25, 0.3) is 0 Å². The molecule has 0 saturated carbocycles. The number of thioether (sulfide) groups is 1. The standard InChI is InChI=1S/C23H19N3O3S/c1-2-28-22(27)18-13-14-29-19(18)15-30-23-24-20(16-9-5-3-6-10-16)21(25-26-23)17-11-7-4-8-12-17/h3-14H,2,15H2,1H3. The molecule has 4 rings (SSSR count). The lowest BCUT2D eigenvalue weighted by molar-refractivity contribution is 0.0524. The Kier molecular flexibility index (Phi) is 6.20. The predicted molar refractivity (Wildman–Crippen MR) is 115 cm³/mol. The van der Waals surface area contributed by atoms with Gasteiger partial charge in [-0.15, -0.1) is 10.2 Å². The number of aromatic nitrogens is 3. The summed E-state index contributed by atoms with van der Waals surface area (Å²) in [6, 6.07) is 21.4. The molecule has 0 aliphatic carbocycles. The molecule has 0 spiro atoms. The Morgan fingerprint density at radius 2 is 1.60 bits per heavy atom. The van der Waals surface area contributed by atoms with Crippen LogP contribution in [0.25, 0.3) is 22.5 Å². The summed E-state index contributed by atoms with van der Waals surface area (Å²) >= 11 is 1.35. The molecule has 0 atom stereocenters. The summed E-state index contributed by atoms with van der Waals surface area (Å²) in [6.07, 6.45) is 1.48. The fourth-order valence-electron chi connectivity index (χ4n) is 2.93. The van der Waals surface area contributed by atoms with E-state index in [4.69, 9.17) is 14.1 Å². The minimum absolute atomic E-state index is 0.311. The molecular weight excluding hydrogens is 398 g/mol. The third-order valence-corrected chi connectivity index (χ3v) is 5.17. The molecule has 0 N–H and O–H groups in total. The van der Waals surface area contributed by atoms with Crippen molar-refractivity contribution in [1.29, 1.82) is 0 Å². The summed E-state index contributed by atoms with van der Waals surface area (Å²) in [4.78, 5) is 16.8. The van der Waals surface area contributed by atoms with E-state index in [1.165, 1.54) is 18.0 Å². The molecule has 2 aromatic carbocycles. The van der Waals surface area contributed by atoms with Gasteiger partial charge < -0.3 is 9.15 Å². The molecule has 150 valence electrons. The minimum atomic E-state index is -0.398. The van der Waals surface area contributed by atoms with Crippen LogP contribution in [0.1, 0.15) is 23.0 Å². The molecule has 0 aliphatic heterocycles. The van der Waals surface area contributed by atoms with E-state index in [2.05, 4.69) is 10.2 Å². The zero-order valence-electron chi connectivity index (χ0n) is 16.3. The van der Waals surface area contributed by atoms with Crippen molar-refractivity contribution in [1.82, 2.24) is 15.2 Å². The lowest BCUT2D eigenvalue weighted by Crippen LogP contribution is -2.05. The SMILES string of the molecule is CCOC(=O)c1ccoc1CSc1nnc(-c2ccccc2)c(-c2ccccc2)n1. The molecule has 0 saturated heterocycles. The Morgan fingerprint density at radius 3 is 2.27 bits per heavy atom. The van der Waals surface area contributed by atoms with E-state index in [1.807, 2.05) is 60.7 Å². The van der Waals surface area contributed by atoms with Crippen molar-refractivity contribution in [3.63, 3.8) is 0 Å². The number of hydrogen-bond acceptors (Lipinski definition) is 7. The van der Waals surface area contributed by atoms with Gasteiger partial charge in [-0.2, -0.15) is 0 Å². The van der Waals surface area contributed by atoms with E-state index in [0.717, 1.165) is 22.5 Å². The van der Waals surface area contributed by atoms with Gasteiger partial charge >= 0.3 is 5.97 Å². The van der Waals surface area contributed by atoms with Gasteiger partial charge in [0.1, 0.15) is 22.7 Å². The molecule has 0 radical (unpaired) electrons. The third kappa shape index (κ3) is 4.41. The van der Waals surface area contributed by atoms with Crippen LogP contribution < -0.4 is 0 Å². The van der Waals surface area contributed by atoms with Crippen LogP contribution in [0.2, 0.25) is 0 Å². The average molecular weight is 417 g/mol. The van der Waals surface area contributed by atoms with Crippen LogP contribution in [-0.2, 0) is 10.5 Å². The summed E-state index contributed by atoms with van der Waals surface area (Å²) in [6.45, 7) is 2.08. The molecule has 30 heavy (non-hydrogen) atoms. The fourth-order valence-corrected chi connectivity index (χ4v) is 3.67. The first-order valence-electron chi connectivity index (χ1n) is 9.48. The third-order valence-electron chi connectivity index (χ3n) is 4.33. The Morgan fingerprint density at radius 1 is 0.933 bits per heavy atom. The van der Waals surface area contributed by atoms with E-state index in [9.17, 15) is 4.79 Å². The maximum atomic E-state index is 12.0. The van der Waals surface area contributed by atoms with Crippen LogP contribution in [0.3, 0.4) is 0 Å². The minimum Gasteiger partial charge on any atom is -0.468 e. The zero-order chi connectivity index (χ0) is 20.8. The van der Waals surface area contributed by atoms with Crippen molar-refractivity contribution in [2.24, 2.45) is 0 Å². The van der Waals surface area contributed by atoms with E-state index in [1.54, 1.807) is 13.0 Å². The number of carbonyl (C=O) groups excluding carboxylic acids is 1. The second-order valence-corrected chi connectivity index (χ2v) is 7.23. The number of benzene rings is 2. The summed E-state index contributed by atoms with van der Waals surface area (Å²) in [5.41, 5.74) is 3.80. The number of furan rings is 1. The first-order valence-corrected chi connectivity index (χ1v) is 10.5. The van der Waals surface area contributed by atoms with Crippen molar-refractivity contribution in [3.05, 3.63) is 84.3 Å². The van der Waals surface area contributed by atoms with Crippen LogP contribution in [0.15, 0.2) is 82.6 Å². The second-order valence-electron chi connectivity index (χ2n) is 6.29. The normalized spacial score (nSPS) is 10.7. The van der Waals surface area contributed by atoms with Gasteiger partial charge in [-0.3, -0.25) is 0 Å². The number of hydrogen-bond donors (Lipinski definition) is 0. The topological polar surface area (TPSA) is 78.1 Å². The van der Waals surface area contributed by atoms with Gasteiger partial charge in [-0.05, 0) is 13.0 Å². The van der Waals surface area contributed by atoms with Gasteiger partial charge in [-0.1, -0.05) is 72.4 Å². The van der Waals surface area contributed by atoms with Crippen LogP contribution in [0, 0.1) is 0 Å². The Balaban J connectivity index is 1.63. The summed E-state index contributed by atoms with van der Waals surface area (Å²) in [5.74, 6) is 0.516. The van der Waals surface area contributed by atoms with Crippen molar-refractivity contribution in [3.8, 4) is 22.5 Å². The van der Waals surface area contributed by atoms with Crippen molar-refractivity contribution < 1.29 is 13.9 Å². The number of ether oxygens (including phenoxy) is 1. The Hall–Kier alpha value is -3.45. The molecule has 0 amide bonds. The van der Waals surface area contributed by atoms with Crippen molar-refractivity contribution >= 4 is 17.7 Å². The van der Waals surface area contributed by atoms with Gasteiger partial charge in [0.05, 0.1) is 18.6 Å². The molecule has 2 aromatic heterocycles. The lowest BCUT2D eigenvalue weighted by atomic mass is 10.0. The first kappa shape index (κ1) is 19.8. The maximum absolute atomic E-state index is 12.0. The molecular formula is C23H19N3O3S. The Bertz CT molecular complexity index is 1130. The van der Waals surface area contributed by atoms with Crippen LogP contribution in [0.4, 0.5) is 0 Å². The second kappa shape index (κ2) is 9.37. The molecule has 0 fully saturated rings. The zero-order valence-corrected chi connectivity index (χ0v) is 17.1. The molecule has 0 bridgehead atoms. The van der Waals surface area contributed by atoms with Crippen LogP contribution in [0.5, 0.6) is 0 Å². The highest BCUT2D eigenvalue weighted by atomic mass is 32.2. The maximum Gasteiger partial charge on any atom is 0.341 e. The highest BCUT2D eigenvalue weighted by Gasteiger charge is 2.18. The van der Waals surface area contributed by atoms with Gasteiger partial charge in [0.15, 0.2) is 0 Å². The molecule has 6 nitrogen and oxygen atoms in total. The summed E-state index contributed by atoms with van der Waals surface area (Å²) in [5, 5.41) is 9.25. The van der Waals surface area contributed by atoms with E-state index < -0.39 is 5.97 Å². The van der Waals surface area contributed by atoms with E-state index >= 15 is 0 Å². The van der Waals surface area contributed by atoms with Crippen LogP contribution >= 0.6 is 11.8 Å². The molecule has 2 heterocycles. The number of carbonyl (C=O) groups is 1. The fraction of sp³-hybridized carbons (Fsp3) is 0.130.